The van der Waals surface area contributed by atoms with Gasteiger partial charge < -0.3 is 5.32 Å². The van der Waals surface area contributed by atoms with E-state index >= 15 is 0 Å². The largest absolute Gasteiger partial charge is 0.306 e. The molecule has 0 aromatic heterocycles. The molecule has 1 saturated carbocycles. The summed E-state index contributed by atoms with van der Waals surface area (Å²) in [6, 6.07) is 11.8. The van der Waals surface area contributed by atoms with Crippen molar-refractivity contribution in [2.75, 3.05) is 0 Å². The Balaban J connectivity index is 1.99. The van der Waals surface area contributed by atoms with E-state index in [1.54, 1.807) is 0 Å². The van der Waals surface area contributed by atoms with Crippen LogP contribution in [-0.2, 0) is 0 Å². The molecule has 2 heteroatoms. The summed E-state index contributed by atoms with van der Waals surface area (Å²) in [6.07, 6.45) is 4.63. The molecule has 0 radical (unpaired) electrons. The van der Waals surface area contributed by atoms with Crippen molar-refractivity contribution in [2.45, 2.75) is 51.6 Å². The molecule has 0 aliphatic heterocycles. The van der Waals surface area contributed by atoms with E-state index in [4.69, 9.17) is 0 Å². The lowest BCUT2D eigenvalue weighted by Gasteiger charge is -2.30. The highest BCUT2D eigenvalue weighted by molar-refractivity contribution is 5.23. The van der Waals surface area contributed by atoms with Gasteiger partial charge in [-0.05, 0) is 32.3 Å². The second-order valence-corrected chi connectivity index (χ2v) is 5.43. The van der Waals surface area contributed by atoms with Crippen LogP contribution in [0.1, 0.15) is 49.8 Å². The summed E-state index contributed by atoms with van der Waals surface area (Å²) in [6.45, 7) is 4.29. The van der Waals surface area contributed by atoms with Crippen LogP contribution in [-0.4, -0.2) is 6.04 Å². The van der Waals surface area contributed by atoms with Crippen LogP contribution in [0.25, 0.3) is 0 Å². The topological polar surface area (TPSA) is 35.8 Å². The summed E-state index contributed by atoms with van der Waals surface area (Å²) in [5.41, 5.74) is 2.60. The van der Waals surface area contributed by atoms with Crippen LogP contribution in [0.15, 0.2) is 24.3 Å². The number of hydrogen-bond acceptors (Lipinski definition) is 2. The zero-order chi connectivity index (χ0) is 13.0. The average Bonchev–Trinajstić information content (AvgIpc) is 2.40. The Hall–Kier alpha value is -1.33. The van der Waals surface area contributed by atoms with Gasteiger partial charge in [-0.1, -0.05) is 42.7 Å². The van der Waals surface area contributed by atoms with Crippen LogP contribution in [0.4, 0.5) is 0 Å². The number of aryl methyl sites for hydroxylation is 1. The van der Waals surface area contributed by atoms with Gasteiger partial charge in [0.25, 0.3) is 0 Å². The van der Waals surface area contributed by atoms with Gasteiger partial charge in [-0.25, -0.2) is 0 Å². The monoisotopic (exact) mass is 242 g/mol. The Labute approximate surface area is 110 Å². The molecule has 2 rings (SSSR count). The summed E-state index contributed by atoms with van der Waals surface area (Å²) in [4.78, 5) is 0. The number of nitrogens with zero attached hydrogens (tertiary/aromatic N) is 1. The molecule has 0 spiro atoms. The second kappa shape index (κ2) is 6.02. The first kappa shape index (κ1) is 13.1. The molecule has 1 aliphatic rings. The van der Waals surface area contributed by atoms with Crippen LogP contribution >= 0.6 is 0 Å². The van der Waals surface area contributed by atoms with E-state index in [1.807, 2.05) is 0 Å². The molecule has 1 aliphatic carbocycles. The van der Waals surface area contributed by atoms with Gasteiger partial charge in [0.1, 0.15) is 0 Å². The first-order valence-electron chi connectivity index (χ1n) is 6.93. The molecule has 0 heterocycles. The maximum Gasteiger partial charge on any atom is 0.0672 e. The van der Waals surface area contributed by atoms with Gasteiger partial charge in [0, 0.05) is 12.1 Å². The first-order valence-corrected chi connectivity index (χ1v) is 6.93. The lowest BCUT2D eigenvalue weighted by Crippen LogP contribution is -2.39. The number of nitrogens with one attached hydrogen (secondary N) is 1. The summed E-state index contributed by atoms with van der Waals surface area (Å²) >= 11 is 0. The number of hydrogen-bond donors (Lipinski definition) is 1. The smallest absolute Gasteiger partial charge is 0.0672 e. The fourth-order valence-corrected chi connectivity index (χ4v) is 2.76. The van der Waals surface area contributed by atoms with E-state index in [9.17, 15) is 5.26 Å². The van der Waals surface area contributed by atoms with Gasteiger partial charge in [0.05, 0.1) is 12.0 Å². The van der Waals surface area contributed by atoms with Gasteiger partial charge in [0.15, 0.2) is 0 Å². The van der Waals surface area contributed by atoms with E-state index in [-0.39, 0.29) is 5.92 Å². The van der Waals surface area contributed by atoms with Crippen molar-refractivity contribution in [1.82, 2.24) is 5.32 Å². The maximum atomic E-state index is 9.19. The van der Waals surface area contributed by atoms with Gasteiger partial charge in [-0.3, -0.25) is 0 Å². The molecule has 1 N–H and O–H groups in total. The lowest BCUT2D eigenvalue weighted by atomic mass is 9.85. The van der Waals surface area contributed by atoms with Crippen molar-refractivity contribution in [1.29, 1.82) is 5.26 Å². The minimum Gasteiger partial charge on any atom is -0.306 e. The van der Waals surface area contributed by atoms with E-state index in [2.05, 4.69) is 49.5 Å². The van der Waals surface area contributed by atoms with Crippen molar-refractivity contribution in [3.63, 3.8) is 0 Å². The molecule has 3 unspecified atom stereocenters. The van der Waals surface area contributed by atoms with Crippen molar-refractivity contribution >= 4 is 0 Å². The molecule has 1 aromatic carbocycles. The van der Waals surface area contributed by atoms with Crippen LogP contribution in [0, 0.1) is 24.2 Å². The van der Waals surface area contributed by atoms with E-state index in [1.165, 1.54) is 24.0 Å². The van der Waals surface area contributed by atoms with Crippen molar-refractivity contribution in [3.8, 4) is 6.07 Å². The molecule has 96 valence electrons. The molecule has 0 amide bonds. The van der Waals surface area contributed by atoms with E-state index in [0.29, 0.717) is 12.1 Å². The Morgan fingerprint density at radius 2 is 1.89 bits per heavy atom. The van der Waals surface area contributed by atoms with Gasteiger partial charge in [0.2, 0.25) is 0 Å². The Bertz CT molecular complexity index is 416. The molecule has 2 nitrogen and oxygen atoms in total. The van der Waals surface area contributed by atoms with Crippen molar-refractivity contribution in [2.24, 2.45) is 5.92 Å². The van der Waals surface area contributed by atoms with Gasteiger partial charge in [-0.2, -0.15) is 5.26 Å². The quantitative estimate of drug-likeness (QED) is 0.876. The summed E-state index contributed by atoms with van der Waals surface area (Å²) in [5, 5.41) is 12.8. The van der Waals surface area contributed by atoms with Crippen LogP contribution in [0.5, 0.6) is 0 Å². The predicted molar refractivity (Wildman–Crippen MR) is 74.1 cm³/mol. The molecule has 0 bridgehead atoms. The summed E-state index contributed by atoms with van der Waals surface area (Å²) in [5.74, 6) is 0.187. The molecule has 1 aromatic rings. The normalized spacial score (nSPS) is 25.4. The first-order chi connectivity index (χ1) is 8.70. The molecule has 0 saturated heterocycles. The molecular formula is C16H22N2. The second-order valence-electron chi connectivity index (χ2n) is 5.43. The molecule has 18 heavy (non-hydrogen) atoms. The number of nitriles is 1. The standard InChI is InChI=1S/C16H22N2/c1-12-7-9-14(10-8-12)13(2)18-16-6-4-3-5-15(16)11-17/h7-10,13,15-16,18H,3-6H2,1-2H3. The zero-order valence-electron chi connectivity index (χ0n) is 11.3. The fourth-order valence-electron chi connectivity index (χ4n) is 2.76. The molecule has 3 atom stereocenters. The van der Waals surface area contributed by atoms with Crippen molar-refractivity contribution < 1.29 is 0 Å². The summed E-state index contributed by atoms with van der Waals surface area (Å²) in [7, 11) is 0. The minimum atomic E-state index is 0.187. The van der Waals surface area contributed by atoms with E-state index < -0.39 is 0 Å². The molecular weight excluding hydrogens is 220 g/mol. The third kappa shape index (κ3) is 3.11. The lowest BCUT2D eigenvalue weighted by molar-refractivity contribution is 0.292. The third-order valence-corrected chi connectivity index (χ3v) is 3.97. The Morgan fingerprint density at radius 1 is 1.22 bits per heavy atom. The van der Waals surface area contributed by atoms with Crippen LogP contribution < -0.4 is 5.32 Å². The van der Waals surface area contributed by atoms with Crippen molar-refractivity contribution in [3.05, 3.63) is 35.4 Å². The summed E-state index contributed by atoms with van der Waals surface area (Å²) < 4.78 is 0. The number of rotatable bonds is 3. The highest BCUT2D eigenvalue weighted by Crippen LogP contribution is 2.26. The Kier molecular flexibility index (Phi) is 4.38. The highest BCUT2D eigenvalue weighted by Gasteiger charge is 2.25. The molecule has 1 fully saturated rings. The fraction of sp³-hybridized carbons (Fsp3) is 0.562. The predicted octanol–water partition coefficient (Wildman–Crippen LogP) is 3.73. The highest BCUT2D eigenvalue weighted by atomic mass is 15.0. The van der Waals surface area contributed by atoms with Crippen LogP contribution in [0.2, 0.25) is 0 Å². The Morgan fingerprint density at radius 3 is 2.56 bits per heavy atom. The maximum absolute atomic E-state index is 9.19. The zero-order valence-corrected chi connectivity index (χ0v) is 11.3. The van der Waals surface area contributed by atoms with Gasteiger partial charge >= 0.3 is 0 Å². The SMILES string of the molecule is Cc1ccc(C(C)NC2CCCCC2C#N)cc1. The van der Waals surface area contributed by atoms with E-state index in [0.717, 1.165) is 12.8 Å². The average molecular weight is 242 g/mol. The number of benzene rings is 1. The van der Waals surface area contributed by atoms with Gasteiger partial charge in [-0.15, -0.1) is 0 Å². The third-order valence-electron chi connectivity index (χ3n) is 3.97. The van der Waals surface area contributed by atoms with Crippen LogP contribution in [0.3, 0.4) is 0 Å². The minimum absolute atomic E-state index is 0.187.